The van der Waals surface area contributed by atoms with E-state index in [4.69, 9.17) is 4.74 Å². The molecule has 0 aliphatic rings. The summed E-state index contributed by atoms with van der Waals surface area (Å²) < 4.78 is 3.93. The Morgan fingerprint density at radius 2 is 1.80 bits per heavy atom. The number of rotatable bonds is 8. The zero-order valence-electron chi connectivity index (χ0n) is 12.0. The number of benzene rings is 1. The van der Waals surface area contributed by atoms with Crippen molar-refractivity contribution >= 4 is 27.7 Å². The van der Waals surface area contributed by atoms with Crippen LogP contribution in [0.5, 0.6) is 0 Å². The van der Waals surface area contributed by atoms with Crippen molar-refractivity contribution in [3.8, 4) is 0 Å². The molecule has 0 aliphatic carbocycles. The zero-order valence-corrected chi connectivity index (χ0v) is 13.6. The number of alkyl halides is 1. The molecule has 0 radical (unpaired) electrons. The van der Waals surface area contributed by atoms with Crippen LogP contribution in [0.3, 0.4) is 0 Å². The van der Waals surface area contributed by atoms with E-state index in [0.29, 0.717) is 18.6 Å². The van der Waals surface area contributed by atoms with Crippen LogP contribution in [0.15, 0.2) is 30.3 Å². The van der Waals surface area contributed by atoms with Gasteiger partial charge in [0.15, 0.2) is 10.1 Å². The summed E-state index contributed by atoms with van der Waals surface area (Å²) in [6.45, 7) is 4.28. The van der Waals surface area contributed by atoms with E-state index in [0.717, 1.165) is 19.3 Å². The van der Waals surface area contributed by atoms with Gasteiger partial charge in [0.25, 0.3) is 0 Å². The Morgan fingerprint density at radius 3 is 2.35 bits per heavy atom. The van der Waals surface area contributed by atoms with Crippen molar-refractivity contribution in [2.24, 2.45) is 0 Å². The third kappa shape index (κ3) is 4.17. The molecule has 1 unspecified atom stereocenters. The Bertz CT molecular complexity index is 444. The highest BCUT2D eigenvalue weighted by molar-refractivity contribution is 9.10. The lowest BCUT2D eigenvalue weighted by Crippen LogP contribution is -2.42. The summed E-state index contributed by atoms with van der Waals surface area (Å²) in [6.07, 6.45) is 2.88. The van der Waals surface area contributed by atoms with Gasteiger partial charge in [0.1, 0.15) is 0 Å². The van der Waals surface area contributed by atoms with Gasteiger partial charge in [0.2, 0.25) is 0 Å². The van der Waals surface area contributed by atoms with Crippen molar-refractivity contribution in [3.05, 3.63) is 35.9 Å². The SMILES string of the molecule is CCCCC(Br)(C(=O)OCCC)C(=O)c1ccccc1. The molecule has 0 saturated carbocycles. The van der Waals surface area contributed by atoms with Crippen molar-refractivity contribution in [3.63, 3.8) is 0 Å². The number of ketones is 1. The standard InChI is InChI=1S/C16H21BrO3/c1-3-5-11-16(17,15(19)20-12-4-2)14(18)13-9-7-6-8-10-13/h6-10H,3-5,11-12H2,1-2H3. The highest BCUT2D eigenvalue weighted by Gasteiger charge is 2.44. The van der Waals surface area contributed by atoms with Crippen LogP contribution in [0, 0.1) is 0 Å². The molecule has 0 amide bonds. The van der Waals surface area contributed by atoms with Gasteiger partial charge in [-0.1, -0.05) is 73.0 Å². The molecular weight excluding hydrogens is 320 g/mol. The van der Waals surface area contributed by atoms with Gasteiger partial charge < -0.3 is 4.74 Å². The molecule has 1 rings (SSSR count). The Kier molecular flexibility index (Phi) is 6.93. The predicted octanol–water partition coefficient (Wildman–Crippen LogP) is 4.15. The molecule has 0 aliphatic heterocycles. The van der Waals surface area contributed by atoms with E-state index in [1.165, 1.54) is 0 Å². The Hall–Kier alpha value is -1.16. The Labute approximate surface area is 128 Å². The van der Waals surface area contributed by atoms with Gasteiger partial charge in [-0.05, 0) is 12.8 Å². The third-order valence-electron chi connectivity index (χ3n) is 3.03. The fourth-order valence-electron chi connectivity index (χ4n) is 1.86. The van der Waals surface area contributed by atoms with Crippen LogP contribution in [0.4, 0.5) is 0 Å². The predicted molar refractivity (Wildman–Crippen MR) is 83.2 cm³/mol. The molecule has 3 nitrogen and oxygen atoms in total. The summed E-state index contributed by atoms with van der Waals surface area (Å²) in [4.78, 5) is 24.9. The third-order valence-corrected chi connectivity index (χ3v) is 4.11. The van der Waals surface area contributed by atoms with Gasteiger partial charge in [-0.3, -0.25) is 9.59 Å². The minimum Gasteiger partial charge on any atom is -0.464 e. The molecule has 0 bridgehead atoms. The van der Waals surface area contributed by atoms with E-state index < -0.39 is 10.3 Å². The molecule has 1 aromatic carbocycles. The van der Waals surface area contributed by atoms with Gasteiger partial charge in [-0.25, -0.2) is 0 Å². The summed E-state index contributed by atoms with van der Waals surface area (Å²) in [5, 5.41) is 0. The molecule has 20 heavy (non-hydrogen) atoms. The number of hydrogen-bond acceptors (Lipinski definition) is 3. The highest BCUT2D eigenvalue weighted by atomic mass is 79.9. The van der Waals surface area contributed by atoms with E-state index in [1.54, 1.807) is 24.3 Å². The van der Waals surface area contributed by atoms with E-state index in [2.05, 4.69) is 15.9 Å². The summed E-state index contributed by atoms with van der Waals surface area (Å²) in [6, 6.07) is 8.86. The number of halogens is 1. The Balaban J connectivity index is 2.98. The van der Waals surface area contributed by atoms with Crippen LogP contribution in [0.2, 0.25) is 0 Å². The second-order valence-electron chi connectivity index (χ2n) is 4.74. The van der Waals surface area contributed by atoms with Crippen molar-refractivity contribution in [1.82, 2.24) is 0 Å². The minimum absolute atomic E-state index is 0.229. The molecular formula is C16H21BrO3. The van der Waals surface area contributed by atoms with Gasteiger partial charge >= 0.3 is 5.97 Å². The lowest BCUT2D eigenvalue weighted by molar-refractivity contribution is -0.145. The maximum Gasteiger partial charge on any atom is 0.330 e. The number of esters is 1. The van der Waals surface area contributed by atoms with Crippen molar-refractivity contribution in [2.45, 2.75) is 43.9 Å². The first-order valence-corrected chi connectivity index (χ1v) is 7.81. The lowest BCUT2D eigenvalue weighted by atomic mass is 9.92. The van der Waals surface area contributed by atoms with Gasteiger partial charge in [0.05, 0.1) is 6.61 Å². The maximum absolute atomic E-state index is 12.6. The molecule has 0 fully saturated rings. The summed E-state index contributed by atoms with van der Waals surface area (Å²) in [5.41, 5.74) is 0.522. The van der Waals surface area contributed by atoms with Crippen LogP contribution in [-0.4, -0.2) is 22.7 Å². The number of Topliss-reactive ketones (excluding diaryl/α,β-unsaturated/α-hetero) is 1. The average molecular weight is 341 g/mol. The quantitative estimate of drug-likeness (QED) is 0.309. The minimum atomic E-state index is -1.26. The topological polar surface area (TPSA) is 43.4 Å². The number of carbonyl (C=O) groups excluding carboxylic acids is 2. The number of carbonyl (C=O) groups is 2. The van der Waals surface area contributed by atoms with Crippen molar-refractivity contribution < 1.29 is 14.3 Å². The van der Waals surface area contributed by atoms with E-state index in [9.17, 15) is 9.59 Å². The van der Waals surface area contributed by atoms with E-state index in [1.807, 2.05) is 19.9 Å². The summed E-state index contributed by atoms with van der Waals surface area (Å²) >= 11 is 3.36. The molecule has 4 heteroatoms. The number of ether oxygens (including phenoxy) is 1. The van der Waals surface area contributed by atoms with Crippen LogP contribution in [-0.2, 0) is 9.53 Å². The molecule has 1 atom stereocenters. The average Bonchev–Trinajstić information content (AvgIpc) is 2.50. The first kappa shape index (κ1) is 16.9. The maximum atomic E-state index is 12.6. The summed E-state index contributed by atoms with van der Waals surface area (Å²) in [5.74, 6) is -0.714. The first-order chi connectivity index (χ1) is 9.56. The number of hydrogen-bond donors (Lipinski definition) is 0. The largest absolute Gasteiger partial charge is 0.464 e. The number of unbranched alkanes of at least 4 members (excludes halogenated alkanes) is 1. The Morgan fingerprint density at radius 1 is 1.15 bits per heavy atom. The molecule has 0 saturated heterocycles. The molecule has 0 N–H and O–H groups in total. The molecule has 0 spiro atoms. The van der Waals surface area contributed by atoms with E-state index in [-0.39, 0.29) is 5.78 Å². The fraction of sp³-hybridized carbons (Fsp3) is 0.500. The van der Waals surface area contributed by atoms with Gasteiger partial charge in [-0.2, -0.15) is 0 Å². The van der Waals surface area contributed by atoms with Gasteiger partial charge in [0, 0.05) is 5.56 Å². The second kappa shape index (κ2) is 8.20. The lowest BCUT2D eigenvalue weighted by Gasteiger charge is -2.24. The monoisotopic (exact) mass is 340 g/mol. The normalized spacial score (nSPS) is 13.6. The fourth-order valence-corrected chi connectivity index (χ4v) is 2.48. The van der Waals surface area contributed by atoms with Crippen LogP contribution in [0.1, 0.15) is 49.9 Å². The van der Waals surface area contributed by atoms with Crippen molar-refractivity contribution in [2.75, 3.05) is 6.61 Å². The van der Waals surface area contributed by atoms with Crippen LogP contribution in [0.25, 0.3) is 0 Å². The molecule has 1 aromatic rings. The molecule has 0 aromatic heterocycles. The molecule has 0 heterocycles. The van der Waals surface area contributed by atoms with Crippen molar-refractivity contribution in [1.29, 1.82) is 0 Å². The van der Waals surface area contributed by atoms with Crippen LogP contribution < -0.4 is 0 Å². The van der Waals surface area contributed by atoms with Gasteiger partial charge in [-0.15, -0.1) is 0 Å². The zero-order chi connectivity index (χ0) is 15.0. The smallest absolute Gasteiger partial charge is 0.330 e. The molecule has 110 valence electrons. The second-order valence-corrected chi connectivity index (χ2v) is 6.09. The van der Waals surface area contributed by atoms with Crippen LogP contribution >= 0.6 is 15.9 Å². The first-order valence-electron chi connectivity index (χ1n) is 7.02. The highest BCUT2D eigenvalue weighted by Crippen LogP contribution is 2.31. The summed E-state index contributed by atoms with van der Waals surface area (Å²) in [7, 11) is 0. The van der Waals surface area contributed by atoms with E-state index >= 15 is 0 Å².